The van der Waals surface area contributed by atoms with Crippen LogP contribution in [0.15, 0.2) is 16.0 Å². The average Bonchev–Trinajstić information content (AvgIpc) is 2.54. The minimum absolute atomic E-state index is 0.117. The summed E-state index contributed by atoms with van der Waals surface area (Å²) >= 11 is 1.36. The van der Waals surface area contributed by atoms with Crippen LogP contribution in [0.3, 0.4) is 0 Å². The number of amides is 1. The van der Waals surface area contributed by atoms with E-state index < -0.39 is 0 Å². The van der Waals surface area contributed by atoms with Crippen molar-refractivity contribution in [3.8, 4) is 0 Å². The summed E-state index contributed by atoms with van der Waals surface area (Å²) in [6.07, 6.45) is 10.4. The fourth-order valence-electron chi connectivity index (χ4n) is 5.06. The van der Waals surface area contributed by atoms with Crippen LogP contribution in [0.2, 0.25) is 0 Å². The Morgan fingerprint density at radius 2 is 1.72 bits per heavy atom. The number of carbonyl (C=O) groups is 1. The van der Waals surface area contributed by atoms with Gasteiger partial charge < -0.3 is 5.73 Å². The smallest absolute Gasteiger partial charge is 0.285 e. The Kier molecular flexibility index (Phi) is 2.23. The zero-order valence-electron chi connectivity index (χ0n) is 10.4. The summed E-state index contributed by atoms with van der Waals surface area (Å²) in [6.45, 7) is 0. The summed E-state index contributed by atoms with van der Waals surface area (Å²) in [5.74, 6) is 2.61. The highest BCUT2D eigenvalue weighted by Crippen LogP contribution is 2.61. The fraction of sp³-hybridized carbons (Fsp3) is 0.714. The van der Waals surface area contributed by atoms with Crippen LogP contribution in [0.5, 0.6) is 0 Å². The molecular formula is C14H18N2OS. The number of nitrogens with zero attached hydrogens (tertiary/aromatic N) is 1. The second-order valence-electron chi connectivity index (χ2n) is 6.65. The number of carbonyl (C=O) groups excluding carboxylic acids is 1. The Hall–Kier alpha value is -0.770. The molecule has 1 amide bonds. The molecule has 1 heterocycles. The molecule has 5 rings (SSSR count). The molecule has 0 atom stereocenters. The molecule has 0 saturated heterocycles. The van der Waals surface area contributed by atoms with E-state index in [1.165, 1.54) is 50.3 Å². The Morgan fingerprint density at radius 1 is 1.17 bits per heavy atom. The van der Waals surface area contributed by atoms with Gasteiger partial charge in [0, 0.05) is 0 Å². The SMILES string of the molecule is NC1=NC(=O)/C(=C/C23CC4CC(CC(C4)C2)C3)S1. The van der Waals surface area contributed by atoms with E-state index >= 15 is 0 Å². The van der Waals surface area contributed by atoms with E-state index in [9.17, 15) is 4.79 Å². The van der Waals surface area contributed by atoms with Crippen molar-refractivity contribution in [2.24, 2.45) is 33.9 Å². The maximum absolute atomic E-state index is 11.8. The van der Waals surface area contributed by atoms with E-state index in [-0.39, 0.29) is 5.91 Å². The van der Waals surface area contributed by atoms with Crippen LogP contribution in [0, 0.1) is 23.2 Å². The second kappa shape index (κ2) is 3.62. The van der Waals surface area contributed by atoms with Gasteiger partial charge in [-0.1, -0.05) is 6.08 Å². The third-order valence-electron chi connectivity index (χ3n) is 5.16. The van der Waals surface area contributed by atoms with Gasteiger partial charge in [-0.2, -0.15) is 4.99 Å². The summed E-state index contributed by atoms with van der Waals surface area (Å²) < 4.78 is 0. The molecule has 0 spiro atoms. The standard InChI is InChI=1S/C14H18N2OS/c15-13-16-12(17)11(18-13)7-14-4-8-1-9(5-14)3-10(2-8)6-14/h7-10H,1-6H2,(H2,15,16,17)/b11-7-. The molecule has 0 radical (unpaired) electrons. The Balaban J connectivity index is 1.65. The van der Waals surface area contributed by atoms with Gasteiger partial charge in [-0.3, -0.25) is 4.79 Å². The van der Waals surface area contributed by atoms with Crippen molar-refractivity contribution in [3.05, 3.63) is 11.0 Å². The highest BCUT2D eigenvalue weighted by Gasteiger charge is 2.50. The number of rotatable bonds is 1. The van der Waals surface area contributed by atoms with E-state index in [4.69, 9.17) is 5.73 Å². The maximum Gasteiger partial charge on any atom is 0.285 e. The monoisotopic (exact) mass is 262 g/mol. The van der Waals surface area contributed by atoms with Gasteiger partial charge in [-0.25, -0.2) is 0 Å². The lowest BCUT2D eigenvalue weighted by molar-refractivity contribution is -0.113. The first-order valence-electron chi connectivity index (χ1n) is 6.91. The van der Waals surface area contributed by atoms with E-state index in [0.29, 0.717) is 10.6 Å². The van der Waals surface area contributed by atoms with Crippen LogP contribution in [-0.4, -0.2) is 11.1 Å². The number of hydrogen-bond acceptors (Lipinski definition) is 3. The number of amidine groups is 1. The Labute approximate surface area is 111 Å². The molecular weight excluding hydrogens is 244 g/mol. The summed E-state index contributed by atoms with van der Waals surface area (Å²) in [7, 11) is 0. The molecule has 3 nitrogen and oxygen atoms in total. The molecule has 5 aliphatic rings. The predicted molar refractivity (Wildman–Crippen MR) is 72.9 cm³/mol. The number of thioether (sulfide) groups is 1. The lowest BCUT2D eigenvalue weighted by Crippen LogP contribution is -2.45. The van der Waals surface area contributed by atoms with Gasteiger partial charge in [0.1, 0.15) is 0 Å². The van der Waals surface area contributed by atoms with Crippen LogP contribution in [-0.2, 0) is 4.79 Å². The number of aliphatic imine (C=N–C) groups is 1. The van der Waals surface area contributed by atoms with Crippen molar-refractivity contribution in [2.45, 2.75) is 38.5 Å². The molecule has 2 N–H and O–H groups in total. The lowest BCUT2D eigenvalue weighted by Gasteiger charge is -2.56. The van der Waals surface area contributed by atoms with Crippen LogP contribution in [0.1, 0.15) is 38.5 Å². The molecule has 1 aliphatic heterocycles. The maximum atomic E-state index is 11.8. The van der Waals surface area contributed by atoms with E-state index in [1.54, 1.807) is 0 Å². The highest BCUT2D eigenvalue weighted by molar-refractivity contribution is 8.18. The number of allylic oxidation sites excluding steroid dienone is 1. The van der Waals surface area contributed by atoms with Crippen LogP contribution in [0.25, 0.3) is 0 Å². The number of hydrogen-bond donors (Lipinski definition) is 1. The molecule has 4 saturated carbocycles. The van der Waals surface area contributed by atoms with Gasteiger partial charge in [0.05, 0.1) is 4.91 Å². The van der Waals surface area contributed by atoms with Crippen LogP contribution < -0.4 is 5.73 Å². The molecule has 4 aliphatic carbocycles. The number of nitrogens with two attached hydrogens (primary N) is 1. The first-order valence-corrected chi connectivity index (χ1v) is 7.73. The lowest BCUT2D eigenvalue weighted by atomic mass is 9.49. The van der Waals surface area contributed by atoms with E-state index in [2.05, 4.69) is 11.1 Å². The molecule has 0 aromatic carbocycles. The van der Waals surface area contributed by atoms with Crippen LogP contribution >= 0.6 is 11.8 Å². The minimum Gasteiger partial charge on any atom is -0.378 e. The van der Waals surface area contributed by atoms with Gasteiger partial charge in [-0.15, -0.1) is 0 Å². The van der Waals surface area contributed by atoms with Gasteiger partial charge in [0.25, 0.3) is 5.91 Å². The normalized spacial score (nSPS) is 48.0. The summed E-state index contributed by atoms with van der Waals surface area (Å²) in [5.41, 5.74) is 5.93. The van der Waals surface area contributed by atoms with E-state index in [1.807, 2.05) is 0 Å². The molecule has 4 bridgehead atoms. The zero-order chi connectivity index (χ0) is 12.3. The molecule has 96 valence electrons. The first kappa shape index (κ1) is 11.1. The highest BCUT2D eigenvalue weighted by atomic mass is 32.2. The van der Waals surface area contributed by atoms with Crippen molar-refractivity contribution in [1.29, 1.82) is 0 Å². The Bertz CT molecular complexity index is 445. The second-order valence-corrected chi connectivity index (χ2v) is 7.71. The third kappa shape index (κ3) is 1.65. The van der Waals surface area contributed by atoms with Crippen molar-refractivity contribution < 1.29 is 4.79 Å². The van der Waals surface area contributed by atoms with Crippen molar-refractivity contribution in [1.82, 2.24) is 0 Å². The van der Waals surface area contributed by atoms with Gasteiger partial charge in [-0.05, 0) is 73.5 Å². The van der Waals surface area contributed by atoms with Crippen molar-refractivity contribution in [2.75, 3.05) is 0 Å². The fourth-order valence-corrected chi connectivity index (χ4v) is 5.85. The topological polar surface area (TPSA) is 55.4 Å². The summed E-state index contributed by atoms with van der Waals surface area (Å²) in [5, 5.41) is 0.413. The van der Waals surface area contributed by atoms with Crippen molar-refractivity contribution in [3.63, 3.8) is 0 Å². The minimum atomic E-state index is -0.117. The van der Waals surface area contributed by atoms with E-state index in [0.717, 1.165) is 22.7 Å². The van der Waals surface area contributed by atoms with Crippen LogP contribution in [0.4, 0.5) is 0 Å². The first-order chi connectivity index (χ1) is 8.62. The summed E-state index contributed by atoms with van der Waals surface area (Å²) in [6, 6.07) is 0. The Morgan fingerprint density at radius 3 is 2.17 bits per heavy atom. The van der Waals surface area contributed by atoms with Gasteiger partial charge >= 0.3 is 0 Å². The molecule has 18 heavy (non-hydrogen) atoms. The average molecular weight is 262 g/mol. The predicted octanol–water partition coefficient (Wildman–Crippen LogP) is 2.67. The molecule has 0 aromatic heterocycles. The molecule has 4 heteroatoms. The molecule has 4 fully saturated rings. The van der Waals surface area contributed by atoms with Gasteiger partial charge in [0.2, 0.25) is 0 Å². The van der Waals surface area contributed by atoms with Crippen molar-refractivity contribution >= 4 is 22.8 Å². The third-order valence-corrected chi connectivity index (χ3v) is 5.97. The summed E-state index contributed by atoms with van der Waals surface area (Å²) in [4.78, 5) is 16.4. The quantitative estimate of drug-likeness (QED) is 0.739. The molecule has 0 aromatic rings. The van der Waals surface area contributed by atoms with Gasteiger partial charge in [0.15, 0.2) is 5.17 Å². The molecule has 0 unspecified atom stereocenters. The largest absolute Gasteiger partial charge is 0.378 e. The zero-order valence-corrected chi connectivity index (χ0v) is 11.2.